The van der Waals surface area contributed by atoms with E-state index in [4.69, 9.17) is 17.3 Å². The number of nitrogens with zero attached hydrogens (tertiary/aromatic N) is 2. The Balaban J connectivity index is 1.89. The minimum absolute atomic E-state index is 0.469. The van der Waals surface area contributed by atoms with Crippen molar-refractivity contribution in [1.29, 1.82) is 0 Å². The summed E-state index contributed by atoms with van der Waals surface area (Å²) in [6, 6.07) is 7.54. The zero-order chi connectivity index (χ0) is 13.4. The lowest BCUT2D eigenvalue weighted by Gasteiger charge is -2.09. The predicted molar refractivity (Wildman–Crippen MR) is 85.9 cm³/mol. The van der Waals surface area contributed by atoms with E-state index in [1.807, 2.05) is 18.2 Å². The Bertz CT molecular complexity index is 628. The molecule has 0 amide bonds. The number of halogens is 2. The van der Waals surface area contributed by atoms with Crippen molar-refractivity contribution < 1.29 is 0 Å². The molecule has 0 spiro atoms. The molecule has 3 N–H and O–H groups in total. The number of benzene rings is 1. The fourth-order valence-electron chi connectivity index (χ4n) is 1.80. The summed E-state index contributed by atoms with van der Waals surface area (Å²) in [6.07, 6.45) is 2.29. The molecule has 1 saturated carbocycles. The number of nitrogens with one attached hydrogen (secondary N) is 1. The van der Waals surface area contributed by atoms with Gasteiger partial charge in [0.25, 0.3) is 0 Å². The SMILES string of the molecule is Nc1cc(Nc2ccc(I)cc2Cl)nc(C2CC2)n1. The lowest BCUT2D eigenvalue weighted by Crippen LogP contribution is -2.03. The summed E-state index contributed by atoms with van der Waals surface area (Å²) >= 11 is 8.41. The molecular formula is C13H12ClIN4. The average molecular weight is 387 g/mol. The molecule has 1 aromatic carbocycles. The molecular weight excluding hydrogens is 375 g/mol. The van der Waals surface area contributed by atoms with Crippen molar-refractivity contribution >= 4 is 51.5 Å². The fraction of sp³-hybridized carbons (Fsp3) is 0.231. The van der Waals surface area contributed by atoms with Crippen molar-refractivity contribution in [3.63, 3.8) is 0 Å². The van der Waals surface area contributed by atoms with Crippen molar-refractivity contribution in [1.82, 2.24) is 9.97 Å². The van der Waals surface area contributed by atoms with E-state index in [2.05, 4.69) is 37.9 Å². The van der Waals surface area contributed by atoms with Crippen LogP contribution < -0.4 is 11.1 Å². The van der Waals surface area contributed by atoms with Crippen LogP contribution in [0, 0.1) is 3.57 Å². The molecule has 0 atom stereocenters. The summed E-state index contributed by atoms with van der Waals surface area (Å²) < 4.78 is 1.09. The van der Waals surface area contributed by atoms with Gasteiger partial charge in [-0.2, -0.15) is 0 Å². The average Bonchev–Trinajstić information content (AvgIpc) is 3.16. The molecule has 4 nitrogen and oxygen atoms in total. The number of anilines is 3. The third-order valence-electron chi connectivity index (χ3n) is 2.90. The number of aromatic nitrogens is 2. The Morgan fingerprint density at radius 2 is 2.05 bits per heavy atom. The predicted octanol–water partition coefficient (Wildman–Crippen LogP) is 3.94. The lowest BCUT2D eigenvalue weighted by atomic mass is 10.3. The van der Waals surface area contributed by atoms with E-state index in [9.17, 15) is 0 Å². The Hall–Kier alpha value is -1.08. The third-order valence-corrected chi connectivity index (χ3v) is 3.88. The monoisotopic (exact) mass is 386 g/mol. The van der Waals surface area contributed by atoms with Gasteiger partial charge in [-0.1, -0.05) is 11.6 Å². The minimum Gasteiger partial charge on any atom is -0.384 e. The van der Waals surface area contributed by atoms with E-state index in [1.54, 1.807) is 6.07 Å². The zero-order valence-corrected chi connectivity index (χ0v) is 12.9. The molecule has 3 rings (SSSR count). The zero-order valence-electron chi connectivity index (χ0n) is 10.0. The molecule has 2 aromatic rings. The highest BCUT2D eigenvalue weighted by molar-refractivity contribution is 14.1. The van der Waals surface area contributed by atoms with Crippen molar-refractivity contribution in [3.05, 3.63) is 38.7 Å². The van der Waals surface area contributed by atoms with Gasteiger partial charge >= 0.3 is 0 Å². The molecule has 6 heteroatoms. The van der Waals surface area contributed by atoms with Crippen molar-refractivity contribution in [2.45, 2.75) is 18.8 Å². The standard InChI is InChI=1S/C13H12ClIN4/c14-9-5-8(15)3-4-10(9)17-12-6-11(16)18-13(19-12)7-1-2-7/h3-7H,1-2H2,(H3,16,17,18,19). The first kappa shape index (κ1) is 12.9. The van der Waals surface area contributed by atoms with Crippen LogP contribution in [0.2, 0.25) is 5.02 Å². The van der Waals surface area contributed by atoms with Crippen LogP contribution in [0.1, 0.15) is 24.6 Å². The van der Waals surface area contributed by atoms with Crippen LogP contribution >= 0.6 is 34.2 Å². The van der Waals surface area contributed by atoms with Gasteiger partial charge in [-0.3, -0.25) is 0 Å². The summed E-state index contributed by atoms with van der Waals surface area (Å²) in [5.41, 5.74) is 6.64. The van der Waals surface area contributed by atoms with Crippen molar-refractivity contribution in [2.75, 3.05) is 11.1 Å². The molecule has 1 heterocycles. The Morgan fingerprint density at radius 1 is 1.26 bits per heavy atom. The van der Waals surface area contributed by atoms with Gasteiger partial charge in [0.2, 0.25) is 0 Å². The van der Waals surface area contributed by atoms with E-state index in [0.717, 1.165) is 27.9 Å². The fourth-order valence-corrected chi connectivity index (χ4v) is 2.71. The van der Waals surface area contributed by atoms with Gasteiger partial charge in [-0.15, -0.1) is 0 Å². The molecule has 0 aliphatic heterocycles. The quantitative estimate of drug-likeness (QED) is 0.784. The molecule has 1 aliphatic rings. The second-order valence-electron chi connectivity index (χ2n) is 4.56. The number of nitrogens with two attached hydrogens (primary N) is 1. The van der Waals surface area contributed by atoms with Gasteiger partial charge < -0.3 is 11.1 Å². The first-order valence-electron chi connectivity index (χ1n) is 5.98. The van der Waals surface area contributed by atoms with Gasteiger partial charge in [0.15, 0.2) is 0 Å². The summed E-state index contributed by atoms with van der Waals surface area (Å²) in [6.45, 7) is 0. The molecule has 0 radical (unpaired) electrons. The highest BCUT2D eigenvalue weighted by Crippen LogP contribution is 2.39. The minimum atomic E-state index is 0.469. The van der Waals surface area contributed by atoms with Gasteiger partial charge in [0.05, 0.1) is 10.7 Å². The summed E-state index contributed by atoms with van der Waals surface area (Å²) in [5, 5.41) is 3.86. The van der Waals surface area contributed by atoms with Crippen LogP contribution in [-0.4, -0.2) is 9.97 Å². The second-order valence-corrected chi connectivity index (χ2v) is 6.21. The molecule has 0 saturated heterocycles. The van der Waals surface area contributed by atoms with Gasteiger partial charge in [0, 0.05) is 15.6 Å². The highest BCUT2D eigenvalue weighted by Gasteiger charge is 2.27. The van der Waals surface area contributed by atoms with E-state index < -0.39 is 0 Å². The Morgan fingerprint density at radius 3 is 2.74 bits per heavy atom. The van der Waals surface area contributed by atoms with E-state index in [-0.39, 0.29) is 0 Å². The van der Waals surface area contributed by atoms with E-state index >= 15 is 0 Å². The second kappa shape index (κ2) is 5.13. The maximum Gasteiger partial charge on any atom is 0.136 e. The van der Waals surface area contributed by atoms with Crippen LogP contribution in [0.4, 0.5) is 17.3 Å². The molecule has 0 bridgehead atoms. The molecule has 0 unspecified atom stereocenters. The largest absolute Gasteiger partial charge is 0.384 e. The van der Waals surface area contributed by atoms with Crippen LogP contribution in [-0.2, 0) is 0 Å². The Kier molecular flexibility index (Phi) is 3.49. The van der Waals surface area contributed by atoms with Gasteiger partial charge in [-0.25, -0.2) is 9.97 Å². The number of hydrogen-bond donors (Lipinski definition) is 2. The van der Waals surface area contributed by atoms with Crippen molar-refractivity contribution in [2.24, 2.45) is 0 Å². The van der Waals surface area contributed by atoms with Gasteiger partial charge in [0.1, 0.15) is 17.5 Å². The van der Waals surface area contributed by atoms with E-state index in [1.165, 1.54) is 0 Å². The van der Waals surface area contributed by atoms with Crippen LogP contribution in [0.3, 0.4) is 0 Å². The first-order chi connectivity index (χ1) is 9.11. The molecule has 19 heavy (non-hydrogen) atoms. The first-order valence-corrected chi connectivity index (χ1v) is 7.44. The summed E-state index contributed by atoms with van der Waals surface area (Å²) in [4.78, 5) is 8.76. The maximum atomic E-state index is 6.19. The smallest absolute Gasteiger partial charge is 0.136 e. The number of nitrogen functional groups attached to an aromatic ring is 1. The summed E-state index contributed by atoms with van der Waals surface area (Å²) in [5.74, 6) is 2.47. The summed E-state index contributed by atoms with van der Waals surface area (Å²) in [7, 11) is 0. The van der Waals surface area contributed by atoms with E-state index in [0.29, 0.717) is 22.6 Å². The lowest BCUT2D eigenvalue weighted by molar-refractivity contribution is 0.936. The van der Waals surface area contributed by atoms with Gasteiger partial charge in [-0.05, 0) is 53.6 Å². The molecule has 1 aromatic heterocycles. The normalized spacial score (nSPS) is 14.4. The third kappa shape index (κ3) is 3.09. The topological polar surface area (TPSA) is 63.8 Å². The van der Waals surface area contributed by atoms with Crippen LogP contribution in [0.5, 0.6) is 0 Å². The number of rotatable bonds is 3. The number of hydrogen-bond acceptors (Lipinski definition) is 4. The Labute approximate surface area is 129 Å². The van der Waals surface area contributed by atoms with Crippen LogP contribution in [0.25, 0.3) is 0 Å². The molecule has 1 fully saturated rings. The molecule has 98 valence electrons. The van der Waals surface area contributed by atoms with Crippen molar-refractivity contribution in [3.8, 4) is 0 Å². The molecule has 1 aliphatic carbocycles. The maximum absolute atomic E-state index is 6.19. The highest BCUT2D eigenvalue weighted by atomic mass is 127. The van der Waals surface area contributed by atoms with Crippen LogP contribution in [0.15, 0.2) is 24.3 Å².